The molecular formula is C24H31Cl2IO4. The van der Waals surface area contributed by atoms with Gasteiger partial charge < -0.3 is 9.84 Å². The Morgan fingerprint density at radius 3 is 1.68 bits per heavy atom. The van der Waals surface area contributed by atoms with E-state index in [0.29, 0.717) is 40.2 Å². The third-order valence-electron chi connectivity index (χ3n) is 3.26. The number of hydrogen-bond donors (Lipinski definition) is 1. The molecule has 172 valence electrons. The number of carbonyl (C=O) groups is 2. The van der Waals surface area contributed by atoms with Crippen molar-refractivity contribution in [3.8, 4) is 11.5 Å². The molecule has 0 aliphatic heterocycles. The minimum atomic E-state index is -0.00716. The van der Waals surface area contributed by atoms with Crippen LogP contribution in [0.1, 0.15) is 62.3 Å². The van der Waals surface area contributed by atoms with Gasteiger partial charge in [0.15, 0.2) is 0 Å². The first-order chi connectivity index (χ1) is 14.2. The molecule has 0 saturated heterocycles. The van der Waals surface area contributed by atoms with E-state index in [1.807, 2.05) is 0 Å². The molecule has 4 nitrogen and oxygen atoms in total. The van der Waals surface area contributed by atoms with Crippen molar-refractivity contribution in [2.24, 2.45) is 10.8 Å². The van der Waals surface area contributed by atoms with Crippen molar-refractivity contribution in [3.63, 3.8) is 0 Å². The maximum Gasteiger partial charge on any atom is 0.150 e. The van der Waals surface area contributed by atoms with E-state index in [-0.39, 0.29) is 16.2 Å². The van der Waals surface area contributed by atoms with Crippen LogP contribution in [0.5, 0.6) is 11.5 Å². The predicted octanol–water partition coefficient (Wildman–Crippen LogP) is 7.90. The summed E-state index contributed by atoms with van der Waals surface area (Å²) in [6.07, 6.45) is 1.44. The number of aromatic hydroxyl groups is 1. The summed E-state index contributed by atoms with van der Waals surface area (Å²) in [4.78, 5) is 20.6. The number of phenols is 1. The van der Waals surface area contributed by atoms with Crippen LogP contribution in [-0.4, -0.2) is 28.7 Å². The molecule has 0 unspecified atom stereocenters. The van der Waals surface area contributed by atoms with Gasteiger partial charge in [0.05, 0.1) is 16.7 Å². The Bertz CT molecular complexity index is 840. The molecule has 7 heteroatoms. The fourth-order valence-electron chi connectivity index (χ4n) is 1.60. The SMILES string of the molecule is CC(C)(C)CI.CC(C)(C)COc1ccc(C=O)cc1Cl.O=Cc1ccc(O)c(Cl)c1. The van der Waals surface area contributed by atoms with Gasteiger partial charge >= 0.3 is 0 Å². The van der Waals surface area contributed by atoms with E-state index < -0.39 is 0 Å². The van der Waals surface area contributed by atoms with Crippen LogP contribution in [0, 0.1) is 10.8 Å². The van der Waals surface area contributed by atoms with Crippen molar-refractivity contribution < 1.29 is 19.4 Å². The maximum atomic E-state index is 10.5. The van der Waals surface area contributed by atoms with Gasteiger partial charge in [-0.05, 0) is 47.2 Å². The third-order valence-corrected chi connectivity index (χ3v) is 6.15. The van der Waals surface area contributed by atoms with Crippen LogP contribution in [0.2, 0.25) is 10.0 Å². The average molecular weight is 581 g/mol. The molecule has 0 aromatic heterocycles. The molecule has 1 N–H and O–H groups in total. The van der Waals surface area contributed by atoms with Crippen molar-refractivity contribution in [1.82, 2.24) is 0 Å². The zero-order chi connectivity index (χ0) is 24.2. The van der Waals surface area contributed by atoms with Crippen molar-refractivity contribution >= 4 is 58.4 Å². The highest BCUT2D eigenvalue weighted by molar-refractivity contribution is 14.1. The third kappa shape index (κ3) is 14.4. The van der Waals surface area contributed by atoms with Gasteiger partial charge in [0.2, 0.25) is 0 Å². The smallest absolute Gasteiger partial charge is 0.150 e. The Labute approximate surface area is 209 Å². The lowest BCUT2D eigenvalue weighted by Gasteiger charge is -2.19. The van der Waals surface area contributed by atoms with Crippen molar-refractivity contribution in [2.45, 2.75) is 41.5 Å². The van der Waals surface area contributed by atoms with Crippen LogP contribution < -0.4 is 4.74 Å². The van der Waals surface area contributed by atoms with Gasteiger partial charge in [-0.25, -0.2) is 0 Å². The second-order valence-corrected chi connectivity index (χ2v) is 10.8. The van der Waals surface area contributed by atoms with Crippen molar-refractivity contribution in [3.05, 3.63) is 57.6 Å². The molecule has 0 aliphatic carbocycles. The first-order valence-electron chi connectivity index (χ1n) is 9.59. The number of ether oxygens (including phenoxy) is 1. The Balaban J connectivity index is 0.000000484. The van der Waals surface area contributed by atoms with E-state index in [4.69, 9.17) is 33.0 Å². The minimum Gasteiger partial charge on any atom is -0.506 e. The van der Waals surface area contributed by atoms with E-state index in [9.17, 15) is 9.59 Å². The molecular weight excluding hydrogens is 550 g/mol. The number of halogens is 3. The number of carbonyl (C=O) groups excluding carboxylic acids is 2. The number of benzene rings is 2. The highest BCUT2D eigenvalue weighted by Gasteiger charge is 2.12. The molecule has 0 saturated carbocycles. The maximum absolute atomic E-state index is 10.5. The summed E-state index contributed by atoms with van der Waals surface area (Å²) in [6, 6.07) is 9.30. The molecule has 2 aromatic carbocycles. The summed E-state index contributed by atoms with van der Waals surface area (Å²) >= 11 is 13.8. The van der Waals surface area contributed by atoms with E-state index in [1.54, 1.807) is 18.2 Å². The molecule has 0 spiro atoms. The Kier molecular flexibility index (Phi) is 13.4. The lowest BCUT2D eigenvalue weighted by Crippen LogP contribution is -2.17. The molecule has 0 amide bonds. The number of phenolic OH excluding ortho intramolecular Hbond substituents is 1. The van der Waals surface area contributed by atoms with E-state index >= 15 is 0 Å². The summed E-state index contributed by atoms with van der Waals surface area (Å²) < 4.78 is 6.79. The fraction of sp³-hybridized carbons (Fsp3) is 0.417. The normalized spacial score (nSPS) is 10.7. The molecule has 0 atom stereocenters. The van der Waals surface area contributed by atoms with Gasteiger partial charge in [-0.15, -0.1) is 0 Å². The summed E-state index contributed by atoms with van der Waals surface area (Å²) in [5, 5.41) is 9.57. The Morgan fingerprint density at radius 1 is 0.871 bits per heavy atom. The first kappa shape index (κ1) is 29.7. The summed E-state index contributed by atoms with van der Waals surface area (Å²) in [6.45, 7) is 13.5. The lowest BCUT2D eigenvalue weighted by atomic mass is 9.99. The number of hydrogen-bond acceptors (Lipinski definition) is 4. The van der Waals surface area contributed by atoms with Crippen LogP contribution in [-0.2, 0) is 0 Å². The van der Waals surface area contributed by atoms with E-state index in [2.05, 4.69) is 64.1 Å². The standard InChI is InChI=1S/C12H15ClO2.C7H5ClO2.C5H11I/c1-12(2,3)8-15-11-5-4-9(7-14)6-10(11)13;8-6-3-5(4-9)1-2-7(6)10;1-5(2,3)4-6/h4-7H,8H2,1-3H3;1-4,10H;4H2,1-3H3. The molecule has 31 heavy (non-hydrogen) atoms. The second-order valence-electron chi connectivity index (χ2n) is 9.18. The zero-order valence-electron chi connectivity index (χ0n) is 18.8. The number of alkyl halides is 1. The molecule has 2 aromatic rings. The van der Waals surface area contributed by atoms with E-state index in [1.165, 1.54) is 22.6 Å². The predicted molar refractivity (Wildman–Crippen MR) is 139 cm³/mol. The number of rotatable bonds is 4. The van der Waals surface area contributed by atoms with Gasteiger partial charge in [-0.1, -0.05) is 87.3 Å². The highest BCUT2D eigenvalue weighted by Crippen LogP contribution is 2.27. The highest BCUT2D eigenvalue weighted by atomic mass is 127. The molecule has 0 fully saturated rings. The Morgan fingerprint density at radius 2 is 1.32 bits per heavy atom. The van der Waals surface area contributed by atoms with Gasteiger partial charge in [0.25, 0.3) is 0 Å². The molecule has 0 aliphatic rings. The van der Waals surface area contributed by atoms with Crippen molar-refractivity contribution in [2.75, 3.05) is 11.0 Å². The van der Waals surface area contributed by atoms with Crippen LogP contribution in [0.3, 0.4) is 0 Å². The van der Waals surface area contributed by atoms with Crippen LogP contribution in [0.4, 0.5) is 0 Å². The Hall–Kier alpha value is -1.31. The largest absolute Gasteiger partial charge is 0.506 e. The molecule has 0 heterocycles. The zero-order valence-corrected chi connectivity index (χ0v) is 22.5. The van der Waals surface area contributed by atoms with Gasteiger partial charge in [-0.2, -0.15) is 0 Å². The van der Waals surface area contributed by atoms with Crippen LogP contribution >= 0.6 is 45.8 Å². The summed E-state index contributed by atoms with van der Waals surface area (Å²) in [7, 11) is 0. The van der Waals surface area contributed by atoms with Gasteiger partial charge in [0, 0.05) is 15.6 Å². The summed E-state index contributed by atoms with van der Waals surface area (Å²) in [5.41, 5.74) is 1.64. The van der Waals surface area contributed by atoms with Crippen molar-refractivity contribution in [1.29, 1.82) is 0 Å². The van der Waals surface area contributed by atoms with Gasteiger partial charge in [0.1, 0.15) is 24.1 Å². The molecule has 0 radical (unpaired) electrons. The fourth-order valence-corrected chi connectivity index (χ4v) is 2.03. The quantitative estimate of drug-likeness (QED) is 0.227. The second kappa shape index (κ2) is 14.0. The van der Waals surface area contributed by atoms with Crippen LogP contribution in [0.25, 0.3) is 0 Å². The first-order valence-corrected chi connectivity index (χ1v) is 11.9. The lowest BCUT2D eigenvalue weighted by molar-refractivity contribution is 0.111. The van der Waals surface area contributed by atoms with Gasteiger partial charge in [-0.3, -0.25) is 9.59 Å². The topological polar surface area (TPSA) is 63.6 Å². The minimum absolute atomic E-state index is 0.00716. The summed E-state index contributed by atoms with van der Waals surface area (Å²) in [5.74, 6) is 0.615. The van der Waals surface area contributed by atoms with Crippen LogP contribution in [0.15, 0.2) is 36.4 Å². The average Bonchev–Trinajstić information content (AvgIpc) is 2.68. The number of aldehydes is 2. The molecule has 0 bridgehead atoms. The monoisotopic (exact) mass is 580 g/mol. The van der Waals surface area contributed by atoms with E-state index in [0.717, 1.165) is 6.29 Å². The molecule has 2 rings (SSSR count).